The summed E-state index contributed by atoms with van der Waals surface area (Å²) in [5.74, 6) is 0. The molecule has 0 aliphatic carbocycles. The maximum Gasteiger partial charge on any atom is 0.243 e. The van der Waals surface area contributed by atoms with Gasteiger partial charge in [0.1, 0.15) is 0 Å². The highest BCUT2D eigenvalue weighted by Crippen LogP contribution is 2.29. The minimum Gasteiger partial charge on any atom is -0.357 e. The largest absolute Gasteiger partial charge is 0.357 e. The lowest BCUT2D eigenvalue weighted by atomic mass is 10.1. The third kappa shape index (κ3) is 2.05. The number of fused-ring (bicyclic) bond motifs is 3. The topological polar surface area (TPSA) is 53.2 Å². The molecule has 0 saturated heterocycles. The van der Waals surface area contributed by atoms with Crippen LogP contribution in [0.4, 0.5) is 0 Å². The van der Waals surface area contributed by atoms with Crippen LogP contribution in [0.15, 0.2) is 59.5 Å². The van der Waals surface area contributed by atoms with Gasteiger partial charge in [-0.1, -0.05) is 36.4 Å². The van der Waals surface area contributed by atoms with E-state index in [0.29, 0.717) is 18.0 Å². The van der Waals surface area contributed by atoms with Crippen molar-refractivity contribution in [3.8, 4) is 0 Å². The lowest BCUT2D eigenvalue weighted by molar-refractivity contribution is 0.388. The summed E-state index contributed by atoms with van der Waals surface area (Å²) in [6.07, 6.45) is 0.741. The zero-order chi connectivity index (χ0) is 15.2. The molecule has 2 aromatic carbocycles. The van der Waals surface area contributed by atoms with Gasteiger partial charge in [0.2, 0.25) is 10.0 Å². The summed E-state index contributed by atoms with van der Waals surface area (Å²) in [4.78, 5) is 3.72. The molecule has 0 amide bonds. The van der Waals surface area contributed by atoms with Crippen molar-refractivity contribution in [2.75, 3.05) is 6.54 Å². The van der Waals surface area contributed by atoms with Crippen molar-refractivity contribution < 1.29 is 8.42 Å². The van der Waals surface area contributed by atoms with E-state index in [1.807, 2.05) is 24.3 Å². The molecular formula is C17H16N2O2S. The van der Waals surface area contributed by atoms with Crippen LogP contribution in [0.1, 0.15) is 11.3 Å². The Balaban J connectivity index is 1.73. The molecule has 112 valence electrons. The molecule has 1 aromatic heterocycles. The van der Waals surface area contributed by atoms with Crippen molar-refractivity contribution >= 4 is 20.9 Å². The number of para-hydroxylation sites is 1. The summed E-state index contributed by atoms with van der Waals surface area (Å²) < 4.78 is 27.0. The number of nitrogens with zero attached hydrogens (tertiary/aromatic N) is 1. The van der Waals surface area contributed by atoms with Crippen LogP contribution < -0.4 is 0 Å². The fourth-order valence-electron chi connectivity index (χ4n) is 3.11. The molecule has 1 aliphatic rings. The first-order valence-corrected chi connectivity index (χ1v) is 8.74. The SMILES string of the molecule is O=S(=O)(c1ccccc1)N1CCc2c([nH]c3ccccc23)C1. The van der Waals surface area contributed by atoms with Gasteiger partial charge in [0.25, 0.3) is 0 Å². The van der Waals surface area contributed by atoms with Crippen molar-refractivity contribution in [3.05, 3.63) is 65.9 Å². The summed E-state index contributed by atoms with van der Waals surface area (Å²) in [5.41, 5.74) is 3.33. The van der Waals surface area contributed by atoms with Crippen molar-refractivity contribution in [2.24, 2.45) is 0 Å². The molecule has 0 radical (unpaired) electrons. The number of benzene rings is 2. The van der Waals surface area contributed by atoms with E-state index in [4.69, 9.17) is 0 Å². The van der Waals surface area contributed by atoms with Gasteiger partial charge >= 0.3 is 0 Å². The van der Waals surface area contributed by atoms with Gasteiger partial charge in [0, 0.05) is 23.1 Å². The van der Waals surface area contributed by atoms with Crippen molar-refractivity contribution in [1.82, 2.24) is 9.29 Å². The van der Waals surface area contributed by atoms with Gasteiger partial charge < -0.3 is 4.98 Å². The van der Waals surface area contributed by atoms with Crippen LogP contribution in [-0.4, -0.2) is 24.3 Å². The Morgan fingerprint density at radius 3 is 2.50 bits per heavy atom. The molecule has 5 heteroatoms. The standard InChI is InChI=1S/C17H16N2O2S/c20-22(21,13-6-2-1-3-7-13)19-11-10-15-14-8-4-5-9-16(14)18-17(15)12-19/h1-9,18H,10-12H2. The van der Waals surface area contributed by atoms with Gasteiger partial charge in [-0.3, -0.25) is 0 Å². The molecule has 0 fully saturated rings. The van der Waals surface area contributed by atoms with Gasteiger partial charge in [-0.05, 0) is 30.2 Å². The van der Waals surface area contributed by atoms with Crippen LogP contribution in [-0.2, 0) is 23.0 Å². The van der Waals surface area contributed by atoms with E-state index < -0.39 is 10.0 Å². The van der Waals surface area contributed by atoms with Crippen molar-refractivity contribution in [1.29, 1.82) is 0 Å². The summed E-state index contributed by atoms with van der Waals surface area (Å²) in [7, 11) is -3.43. The van der Waals surface area contributed by atoms with Crippen molar-refractivity contribution in [3.63, 3.8) is 0 Å². The van der Waals surface area contributed by atoms with Gasteiger partial charge in [-0.15, -0.1) is 0 Å². The molecule has 22 heavy (non-hydrogen) atoms. The van der Waals surface area contributed by atoms with E-state index in [9.17, 15) is 8.42 Å². The second-order valence-electron chi connectivity index (χ2n) is 5.53. The molecule has 4 rings (SSSR count). The van der Waals surface area contributed by atoms with Gasteiger partial charge in [0.05, 0.1) is 11.4 Å². The molecule has 0 atom stereocenters. The van der Waals surface area contributed by atoms with Crippen LogP contribution in [0.3, 0.4) is 0 Å². The number of rotatable bonds is 2. The van der Waals surface area contributed by atoms with E-state index in [1.165, 1.54) is 10.9 Å². The van der Waals surface area contributed by atoms with E-state index in [-0.39, 0.29) is 0 Å². The summed E-state index contributed by atoms with van der Waals surface area (Å²) >= 11 is 0. The Morgan fingerprint density at radius 2 is 1.68 bits per heavy atom. The van der Waals surface area contributed by atoms with Crippen molar-refractivity contribution in [2.45, 2.75) is 17.9 Å². The number of hydrogen-bond acceptors (Lipinski definition) is 2. The molecule has 1 N–H and O–H groups in total. The zero-order valence-corrected chi connectivity index (χ0v) is 12.8. The Kier molecular flexibility index (Phi) is 3.06. The van der Waals surface area contributed by atoms with E-state index in [1.54, 1.807) is 28.6 Å². The first kappa shape index (κ1) is 13.5. The molecule has 0 bridgehead atoms. The highest BCUT2D eigenvalue weighted by molar-refractivity contribution is 7.89. The van der Waals surface area contributed by atoms with Crippen LogP contribution >= 0.6 is 0 Å². The Hall–Kier alpha value is -2.11. The zero-order valence-electron chi connectivity index (χ0n) is 12.0. The van der Waals surface area contributed by atoms with Gasteiger partial charge in [-0.25, -0.2) is 8.42 Å². The Morgan fingerprint density at radius 1 is 0.955 bits per heavy atom. The minimum atomic E-state index is -3.43. The summed E-state index contributed by atoms with van der Waals surface area (Å²) in [6.45, 7) is 0.924. The maximum absolute atomic E-state index is 12.7. The maximum atomic E-state index is 12.7. The average Bonchev–Trinajstić information content (AvgIpc) is 2.93. The van der Waals surface area contributed by atoms with E-state index in [2.05, 4.69) is 11.1 Å². The van der Waals surface area contributed by atoms with Gasteiger partial charge in [0.15, 0.2) is 0 Å². The minimum absolute atomic E-state index is 0.356. The molecule has 0 spiro atoms. The quantitative estimate of drug-likeness (QED) is 0.791. The van der Waals surface area contributed by atoms with E-state index in [0.717, 1.165) is 17.6 Å². The van der Waals surface area contributed by atoms with Crippen LogP contribution in [0.5, 0.6) is 0 Å². The number of hydrogen-bond donors (Lipinski definition) is 1. The lowest BCUT2D eigenvalue weighted by Gasteiger charge is -2.26. The van der Waals surface area contributed by atoms with Gasteiger partial charge in [-0.2, -0.15) is 4.31 Å². The number of aromatic amines is 1. The van der Waals surface area contributed by atoms with Crippen LogP contribution in [0, 0.1) is 0 Å². The smallest absolute Gasteiger partial charge is 0.243 e. The number of H-pyrrole nitrogens is 1. The molecule has 0 unspecified atom stereocenters. The average molecular weight is 312 g/mol. The number of sulfonamides is 1. The molecule has 3 aromatic rings. The Bertz CT molecular complexity index is 930. The molecular weight excluding hydrogens is 296 g/mol. The molecule has 4 nitrogen and oxygen atoms in total. The first-order valence-electron chi connectivity index (χ1n) is 7.30. The van der Waals surface area contributed by atoms with Crippen LogP contribution in [0.2, 0.25) is 0 Å². The third-order valence-corrected chi connectivity index (χ3v) is 6.09. The summed E-state index contributed by atoms with van der Waals surface area (Å²) in [6, 6.07) is 16.8. The highest BCUT2D eigenvalue weighted by atomic mass is 32.2. The second kappa shape index (κ2) is 4.97. The predicted octanol–water partition coefficient (Wildman–Crippen LogP) is 2.91. The predicted molar refractivity (Wildman–Crippen MR) is 86.0 cm³/mol. The normalized spacial score (nSPS) is 15.8. The van der Waals surface area contributed by atoms with E-state index >= 15 is 0 Å². The molecule has 2 heterocycles. The lowest BCUT2D eigenvalue weighted by Crippen LogP contribution is -2.35. The number of nitrogens with one attached hydrogen (secondary N) is 1. The van der Waals surface area contributed by atoms with Crippen LogP contribution in [0.25, 0.3) is 10.9 Å². The fourth-order valence-corrected chi connectivity index (χ4v) is 4.54. The fraction of sp³-hybridized carbons (Fsp3) is 0.176. The second-order valence-corrected chi connectivity index (χ2v) is 7.47. The summed E-state index contributed by atoms with van der Waals surface area (Å²) in [5, 5.41) is 1.20. The first-order chi connectivity index (χ1) is 10.7. The highest BCUT2D eigenvalue weighted by Gasteiger charge is 2.29. The number of aromatic nitrogens is 1. The Labute approximate surface area is 129 Å². The molecule has 0 saturated carbocycles. The third-order valence-electron chi connectivity index (χ3n) is 4.23. The molecule has 1 aliphatic heterocycles. The monoisotopic (exact) mass is 312 g/mol.